The number of thioether (sulfide) groups is 1. The lowest BCUT2D eigenvalue weighted by atomic mass is 10.3. The van der Waals surface area contributed by atoms with Crippen LogP contribution in [0.1, 0.15) is 11.5 Å². The fraction of sp³-hybridized carbons (Fsp3) is 0.130. The largest absolute Gasteiger partial charge is 0.497 e. The Bertz CT molecular complexity index is 1500. The van der Waals surface area contributed by atoms with Crippen molar-refractivity contribution in [2.24, 2.45) is 0 Å². The summed E-state index contributed by atoms with van der Waals surface area (Å²) in [5, 5.41) is 10.8. The molecule has 0 spiro atoms. The Morgan fingerprint density at radius 3 is 2.68 bits per heavy atom. The van der Waals surface area contributed by atoms with E-state index in [1.54, 1.807) is 60.3 Å². The van der Waals surface area contributed by atoms with Crippen molar-refractivity contribution in [1.29, 1.82) is 0 Å². The van der Waals surface area contributed by atoms with Crippen LogP contribution in [0.4, 0.5) is 4.39 Å². The van der Waals surface area contributed by atoms with E-state index in [1.165, 1.54) is 39.6 Å². The van der Waals surface area contributed by atoms with Crippen LogP contribution in [0.15, 0.2) is 76.1 Å². The van der Waals surface area contributed by atoms with Gasteiger partial charge in [0.15, 0.2) is 15.9 Å². The lowest BCUT2D eigenvalue weighted by molar-refractivity contribution is 0.292. The number of benzene rings is 2. The van der Waals surface area contributed by atoms with Crippen LogP contribution in [0.5, 0.6) is 11.5 Å². The Balaban J connectivity index is 1.42. The summed E-state index contributed by atoms with van der Waals surface area (Å²) < 4.78 is 28.9. The number of ether oxygens (including phenoxy) is 2. The topological polar surface area (TPSA) is 83.5 Å². The summed E-state index contributed by atoms with van der Waals surface area (Å²) >= 11 is 2.70. The molecule has 0 N–H and O–H groups in total. The zero-order valence-electron chi connectivity index (χ0n) is 17.9. The number of nitrogens with zero attached hydrogens (tertiary/aromatic N) is 5. The van der Waals surface area contributed by atoms with Crippen LogP contribution in [0.2, 0.25) is 0 Å². The van der Waals surface area contributed by atoms with Crippen molar-refractivity contribution < 1.29 is 13.9 Å². The fourth-order valence-electron chi connectivity index (χ4n) is 3.28. The number of hydrogen-bond donors (Lipinski definition) is 0. The first-order valence-corrected chi connectivity index (χ1v) is 12.0. The highest BCUT2D eigenvalue weighted by Crippen LogP contribution is 2.27. The molecule has 0 saturated carbocycles. The van der Waals surface area contributed by atoms with E-state index in [-0.39, 0.29) is 12.2 Å². The average molecular weight is 496 g/mol. The molecule has 0 atom stereocenters. The minimum absolute atomic E-state index is 0.0783. The summed E-state index contributed by atoms with van der Waals surface area (Å²) in [6.07, 6.45) is 1.69. The standard InChI is InChI=1S/C23H18FN5O3S2/c1-31-16-6-8-17(9-7-16)32-13-20-26-27-23(29(20)19-5-3-2-4-18(19)24)34-14-15-12-21(30)28-10-11-33-22(28)25-15/h2-12H,13-14H2,1H3. The van der Waals surface area contributed by atoms with Crippen molar-refractivity contribution in [1.82, 2.24) is 24.1 Å². The third-order valence-electron chi connectivity index (χ3n) is 4.93. The predicted molar refractivity (Wildman–Crippen MR) is 128 cm³/mol. The molecule has 0 aliphatic heterocycles. The first-order chi connectivity index (χ1) is 16.6. The maximum absolute atomic E-state index is 14.7. The second-order valence-electron chi connectivity index (χ2n) is 7.08. The lowest BCUT2D eigenvalue weighted by Crippen LogP contribution is -2.12. The molecule has 2 aromatic carbocycles. The van der Waals surface area contributed by atoms with E-state index >= 15 is 0 Å². The summed E-state index contributed by atoms with van der Waals surface area (Å²) in [6.45, 7) is 0.0783. The van der Waals surface area contributed by atoms with Gasteiger partial charge in [0.2, 0.25) is 0 Å². The molecular formula is C23H18FN5O3S2. The van der Waals surface area contributed by atoms with E-state index in [0.717, 1.165) is 5.75 Å². The number of hydrogen-bond acceptors (Lipinski definition) is 8. The van der Waals surface area contributed by atoms with Crippen molar-refractivity contribution >= 4 is 28.1 Å². The minimum Gasteiger partial charge on any atom is -0.497 e. The van der Waals surface area contributed by atoms with Gasteiger partial charge in [0, 0.05) is 23.4 Å². The van der Waals surface area contributed by atoms with Gasteiger partial charge < -0.3 is 9.47 Å². The molecule has 0 fully saturated rings. The molecular weight excluding hydrogens is 477 g/mol. The van der Waals surface area contributed by atoms with Crippen molar-refractivity contribution in [3.05, 3.63) is 93.9 Å². The van der Waals surface area contributed by atoms with Gasteiger partial charge in [0.25, 0.3) is 5.56 Å². The van der Waals surface area contributed by atoms with E-state index < -0.39 is 5.82 Å². The number of thiazole rings is 1. The van der Waals surface area contributed by atoms with E-state index in [9.17, 15) is 9.18 Å². The quantitative estimate of drug-likeness (QED) is 0.296. The van der Waals surface area contributed by atoms with Crippen molar-refractivity contribution in [2.75, 3.05) is 7.11 Å². The Morgan fingerprint density at radius 2 is 1.88 bits per heavy atom. The molecule has 3 aromatic heterocycles. The highest BCUT2D eigenvalue weighted by Gasteiger charge is 2.18. The SMILES string of the molecule is COc1ccc(OCc2nnc(SCc3cc(=O)n4ccsc4n3)n2-c2ccccc2F)cc1. The maximum Gasteiger partial charge on any atom is 0.258 e. The number of fused-ring (bicyclic) bond motifs is 1. The first-order valence-electron chi connectivity index (χ1n) is 10.2. The van der Waals surface area contributed by atoms with Gasteiger partial charge in [-0.25, -0.2) is 9.37 Å². The molecule has 3 heterocycles. The van der Waals surface area contributed by atoms with Crippen LogP contribution in [0.25, 0.3) is 10.6 Å². The first kappa shape index (κ1) is 22.1. The Morgan fingerprint density at radius 1 is 1.09 bits per heavy atom. The Hall–Kier alpha value is -3.70. The molecule has 172 valence electrons. The van der Waals surface area contributed by atoms with Gasteiger partial charge in [0.1, 0.15) is 23.9 Å². The summed E-state index contributed by atoms with van der Waals surface area (Å²) in [5.41, 5.74) is 0.771. The van der Waals surface area contributed by atoms with E-state index in [2.05, 4.69) is 15.2 Å². The number of halogens is 1. The molecule has 8 nitrogen and oxygen atoms in total. The summed E-state index contributed by atoms with van der Waals surface area (Å²) in [7, 11) is 1.59. The van der Waals surface area contributed by atoms with Gasteiger partial charge in [0.05, 0.1) is 18.5 Å². The third-order valence-corrected chi connectivity index (χ3v) is 6.65. The van der Waals surface area contributed by atoms with Crippen molar-refractivity contribution in [2.45, 2.75) is 17.5 Å². The molecule has 34 heavy (non-hydrogen) atoms. The smallest absolute Gasteiger partial charge is 0.258 e. The lowest BCUT2D eigenvalue weighted by Gasteiger charge is -2.12. The molecule has 0 aliphatic rings. The molecule has 0 aliphatic carbocycles. The molecule has 5 rings (SSSR count). The molecule has 5 aromatic rings. The van der Waals surface area contributed by atoms with Crippen molar-refractivity contribution in [3.8, 4) is 17.2 Å². The van der Waals surface area contributed by atoms with E-state index in [0.29, 0.717) is 38.8 Å². The van der Waals surface area contributed by atoms with Crippen LogP contribution >= 0.6 is 23.1 Å². The normalized spacial score (nSPS) is 11.1. The van der Waals surface area contributed by atoms with E-state index in [4.69, 9.17) is 9.47 Å². The van der Waals surface area contributed by atoms with Crippen LogP contribution in [0.3, 0.4) is 0 Å². The Labute approximate surface area is 201 Å². The highest BCUT2D eigenvalue weighted by atomic mass is 32.2. The molecule has 0 saturated heterocycles. The number of aromatic nitrogens is 5. The highest BCUT2D eigenvalue weighted by molar-refractivity contribution is 7.98. The zero-order valence-corrected chi connectivity index (χ0v) is 19.6. The molecule has 0 bridgehead atoms. The van der Waals surface area contributed by atoms with Crippen LogP contribution in [-0.2, 0) is 12.4 Å². The molecule has 0 amide bonds. The third kappa shape index (κ3) is 4.52. The molecule has 0 unspecified atom stereocenters. The van der Waals surface area contributed by atoms with Crippen LogP contribution in [-0.4, -0.2) is 31.3 Å². The van der Waals surface area contributed by atoms with Crippen LogP contribution in [0, 0.1) is 5.82 Å². The van der Waals surface area contributed by atoms with Gasteiger partial charge in [-0.15, -0.1) is 21.5 Å². The average Bonchev–Trinajstić information content (AvgIpc) is 3.49. The van der Waals surface area contributed by atoms with Gasteiger partial charge in [-0.3, -0.25) is 13.8 Å². The van der Waals surface area contributed by atoms with Gasteiger partial charge in [-0.05, 0) is 36.4 Å². The second-order valence-corrected chi connectivity index (χ2v) is 8.90. The minimum atomic E-state index is -0.411. The number of methoxy groups -OCH3 is 1. The zero-order chi connectivity index (χ0) is 23.5. The summed E-state index contributed by atoms with van der Waals surface area (Å²) in [5.74, 6) is 1.73. The fourth-order valence-corrected chi connectivity index (χ4v) is 4.88. The summed E-state index contributed by atoms with van der Waals surface area (Å²) in [6, 6.07) is 15.0. The molecule has 11 heteroatoms. The molecule has 0 radical (unpaired) electrons. The summed E-state index contributed by atoms with van der Waals surface area (Å²) in [4.78, 5) is 17.4. The van der Waals surface area contributed by atoms with Gasteiger partial charge >= 0.3 is 0 Å². The second kappa shape index (κ2) is 9.65. The predicted octanol–water partition coefficient (Wildman–Crippen LogP) is 4.36. The monoisotopic (exact) mass is 495 g/mol. The van der Waals surface area contributed by atoms with E-state index in [1.807, 2.05) is 5.38 Å². The maximum atomic E-state index is 14.7. The number of para-hydroxylation sites is 1. The van der Waals surface area contributed by atoms with Crippen molar-refractivity contribution in [3.63, 3.8) is 0 Å². The van der Waals surface area contributed by atoms with Gasteiger partial charge in [-0.2, -0.15) is 0 Å². The van der Waals surface area contributed by atoms with Gasteiger partial charge in [-0.1, -0.05) is 23.9 Å². The van der Waals surface area contributed by atoms with Crippen LogP contribution < -0.4 is 15.0 Å². The number of rotatable bonds is 8. The Kier molecular flexibility index (Phi) is 6.28.